The van der Waals surface area contributed by atoms with Crippen molar-refractivity contribution >= 4 is 61.1 Å². The Morgan fingerprint density at radius 2 is 1.04 bits per heavy atom. The fourth-order valence-corrected chi connectivity index (χ4v) is 8.63. The van der Waals surface area contributed by atoms with Gasteiger partial charge in [0.1, 0.15) is 5.37 Å². The zero-order chi connectivity index (χ0) is 30.9. The quantitative estimate of drug-likeness (QED) is 0.212. The predicted molar refractivity (Wildman–Crippen MR) is 199 cm³/mol. The Labute approximate surface area is 276 Å². The normalized spacial score (nSPS) is 14.3. The van der Waals surface area contributed by atoms with Crippen molar-refractivity contribution in [2.45, 2.75) is 10.3 Å². The van der Waals surface area contributed by atoms with E-state index in [2.05, 4.69) is 178 Å². The van der Waals surface area contributed by atoms with E-state index in [9.17, 15) is 0 Å². The van der Waals surface area contributed by atoms with E-state index in [1.165, 1.54) is 76.6 Å². The lowest BCUT2D eigenvalue weighted by Crippen LogP contribution is -2.01. The molecule has 10 rings (SSSR count). The van der Waals surface area contributed by atoms with Gasteiger partial charge in [-0.1, -0.05) is 121 Å². The number of anilines is 1. The van der Waals surface area contributed by atoms with E-state index >= 15 is 0 Å². The molecule has 0 radical (unpaired) electrons. The monoisotopic (exact) mass is 619 g/mol. The average molecular weight is 620 g/mol. The van der Waals surface area contributed by atoms with E-state index in [4.69, 9.17) is 0 Å². The highest BCUT2D eigenvalue weighted by Crippen LogP contribution is 2.50. The molecule has 2 aromatic heterocycles. The molecule has 1 unspecified atom stereocenters. The first-order valence-corrected chi connectivity index (χ1v) is 16.9. The Morgan fingerprint density at radius 1 is 0.447 bits per heavy atom. The number of nitrogens with zero attached hydrogens (tertiary/aromatic N) is 2. The third-order valence-corrected chi connectivity index (χ3v) is 10.8. The molecule has 1 aliphatic rings. The second-order valence-corrected chi connectivity index (χ2v) is 13.4. The van der Waals surface area contributed by atoms with E-state index in [-0.39, 0.29) is 5.37 Å². The number of hydrogen-bond acceptors (Lipinski definition) is 2. The molecule has 1 N–H and O–H groups in total. The highest BCUT2D eigenvalue weighted by atomic mass is 32.2. The minimum absolute atomic E-state index is 0.201. The molecule has 7 aromatic carbocycles. The van der Waals surface area contributed by atoms with Gasteiger partial charge >= 0.3 is 0 Å². The smallest absolute Gasteiger partial charge is 0.103 e. The maximum Gasteiger partial charge on any atom is 0.103 e. The first kappa shape index (κ1) is 26.5. The molecule has 9 aromatic rings. The van der Waals surface area contributed by atoms with Crippen LogP contribution >= 0.6 is 11.8 Å². The molecule has 3 heterocycles. The summed E-state index contributed by atoms with van der Waals surface area (Å²) in [4.78, 5) is 1.29. The average Bonchev–Trinajstić information content (AvgIpc) is 3.82. The number of thioether (sulfide) groups is 1. The fraction of sp³-hybridized carbons (Fsp3) is 0.0233. The zero-order valence-corrected chi connectivity index (χ0v) is 26.3. The summed E-state index contributed by atoms with van der Waals surface area (Å²) in [6.07, 6.45) is 0. The fourth-order valence-electron chi connectivity index (χ4n) is 7.46. The number of para-hydroxylation sites is 4. The molecule has 0 aliphatic carbocycles. The van der Waals surface area contributed by atoms with Crippen LogP contribution < -0.4 is 5.32 Å². The van der Waals surface area contributed by atoms with Crippen molar-refractivity contribution in [1.29, 1.82) is 0 Å². The minimum Gasteiger partial charge on any atom is -0.368 e. The molecule has 1 atom stereocenters. The largest absolute Gasteiger partial charge is 0.368 e. The van der Waals surface area contributed by atoms with Crippen LogP contribution in [0.15, 0.2) is 169 Å². The first-order valence-electron chi connectivity index (χ1n) is 16.1. The van der Waals surface area contributed by atoms with Crippen LogP contribution in [0.2, 0.25) is 0 Å². The van der Waals surface area contributed by atoms with Gasteiger partial charge in [0.25, 0.3) is 0 Å². The molecular weight excluding hydrogens is 591 g/mol. The third-order valence-electron chi connectivity index (χ3n) is 9.54. The summed E-state index contributed by atoms with van der Waals surface area (Å²) in [7, 11) is 0. The van der Waals surface area contributed by atoms with Crippen molar-refractivity contribution in [1.82, 2.24) is 9.13 Å². The van der Waals surface area contributed by atoms with Gasteiger partial charge in [-0.25, -0.2) is 0 Å². The van der Waals surface area contributed by atoms with Crippen LogP contribution in [-0.4, -0.2) is 9.13 Å². The minimum atomic E-state index is 0.201. The van der Waals surface area contributed by atoms with Crippen molar-refractivity contribution in [3.8, 4) is 22.5 Å². The summed E-state index contributed by atoms with van der Waals surface area (Å²) in [5.74, 6) is 0. The highest BCUT2D eigenvalue weighted by Gasteiger charge is 2.26. The number of nitrogens with one attached hydrogen (secondary N) is 1. The predicted octanol–water partition coefficient (Wildman–Crippen LogP) is 11.8. The molecule has 3 nitrogen and oxygen atoms in total. The van der Waals surface area contributed by atoms with Crippen LogP contribution in [0, 0.1) is 0 Å². The molecule has 0 saturated carbocycles. The number of hydrogen-bond donors (Lipinski definition) is 1. The second-order valence-electron chi connectivity index (χ2n) is 12.2. The molecular formula is C43H29N3S. The van der Waals surface area contributed by atoms with Gasteiger partial charge in [-0.3, -0.25) is 0 Å². The van der Waals surface area contributed by atoms with E-state index in [1.807, 2.05) is 11.8 Å². The summed E-state index contributed by atoms with van der Waals surface area (Å²) in [5.41, 5.74) is 12.1. The van der Waals surface area contributed by atoms with Crippen LogP contribution in [0.25, 0.3) is 66.1 Å². The van der Waals surface area contributed by atoms with E-state index in [0.29, 0.717) is 0 Å². The topological polar surface area (TPSA) is 21.9 Å². The van der Waals surface area contributed by atoms with E-state index < -0.39 is 0 Å². The van der Waals surface area contributed by atoms with Crippen molar-refractivity contribution in [2.24, 2.45) is 0 Å². The van der Waals surface area contributed by atoms with E-state index in [0.717, 1.165) is 5.69 Å². The number of aromatic nitrogens is 2. The van der Waals surface area contributed by atoms with Crippen LogP contribution in [0.5, 0.6) is 0 Å². The van der Waals surface area contributed by atoms with Gasteiger partial charge in [-0.15, -0.1) is 0 Å². The number of fused-ring (bicyclic) bond motifs is 7. The van der Waals surface area contributed by atoms with Crippen LogP contribution in [0.3, 0.4) is 0 Å². The van der Waals surface area contributed by atoms with Crippen LogP contribution in [0.1, 0.15) is 10.9 Å². The summed E-state index contributed by atoms with van der Waals surface area (Å²) >= 11 is 1.89. The lowest BCUT2D eigenvalue weighted by molar-refractivity contribution is 1.13. The molecule has 0 bridgehead atoms. The lowest BCUT2D eigenvalue weighted by atomic mass is 10.0. The van der Waals surface area contributed by atoms with Gasteiger partial charge in [0.05, 0.1) is 27.8 Å². The van der Waals surface area contributed by atoms with Crippen molar-refractivity contribution in [3.63, 3.8) is 0 Å². The standard InChI is InChI=1S/C43H29N3S/c1-3-13-28(14-4-1)43-44-42-32(21-12-24-41(42)47-43)29-15-11-18-31(25-29)46-38-23-10-8-20-34(38)36-26-35-33-19-7-9-22-37(33)45(39(35)27-40(36)46)30-16-5-2-6-17-30/h1-27,43-44H. The van der Waals surface area contributed by atoms with Gasteiger partial charge < -0.3 is 14.5 Å². The van der Waals surface area contributed by atoms with Crippen LogP contribution in [0.4, 0.5) is 5.69 Å². The molecule has 4 heteroatoms. The van der Waals surface area contributed by atoms with Crippen molar-refractivity contribution in [2.75, 3.05) is 5.32 Å². The molecule has 0 saturated heterocycles. The summed E-state index contributed by atoms with van der Waals surface area (Å²) in [6, 6.07) is 59.5. The Kier molecular flexibility index (Phi) is 5.87. The molecule has 1 aliphatic heterocycles. The van der Waals surface area contributed by atoms with Crippen molar-refractivity contribution < 1.29 is 0 Å². The van der Waals surface area contributed by atoms with Gasteiger partial charge in [-0.2, -0.15) is 0 Å². The van der Waals surface area contributed by atoms with Gasteiger partial charge in [0.15, 0.2) is 0 Å². The lowest BCUT2D eigenvalue weighted by Gasteiger charge is -2.14. The number of rotatable bonds is 4. The Balaban J connectivity index is 1.19. The van der Waals surface area contributed by atoms with Crippen molar-refractivity contribution in [3.05, 3.63) is 169 Å². The van der Waals surface area contributed by atoms with Gasteiger partial charge in [0, 0.05) is 43.4 Å². The Morgan fingerprint density at radius 3 is 1.77 bits per heavy atom. The van der Waals surface area contributed by atoms with Gasteiger partial charge in [-0.05, 0) is 65.7 Å². The number of benzene rings is 7. The molecule has 0 amide bonds. The molecule has 0 spiro atoms. The summed E-state index contributed by atoms with van der Waals surface area (Å²) in [5, 5.41) is 9.10. The highest BCUT2D eigenvalue weighted by molar-refractivity contribution is 8.00. The molecule has 0 fully saturated rings. The van der Waals surface area contributed by atoms with Crippen LogP contribution in [-0.2, 0) is 0 Å². The van der Waals surface area contributed by atoms with E-state index in [1.54, 1.807) is 0 Å². The summed E-state index contributed by atoms with van der Waals surface area (Å²) in [6.45, 7) is 0. The Bertz CT molecular complexity index is 2630. The molecule has 222 valence electrons. The summed E-state index contributed by atoms with van der Waals surface area (Å²) < 4.78 is 4.85. The van der Waals surface area contributed by atoms with Gasteiger partial charge in [0.2, 0.25) is 0 Å². The maximum absolute atomic E-state index is 3.84. The first-order chi connectivity index (χ1) is 23.3. The third kappa shape index (κ3) is 4.08. The SMILES string of the molecule is c1ccc(C2Nc3c(cccc3-c3cccc(-n4c5ccccc5c5cc6c7ccccc7n(-c7ccccc7)c6cc54)c3)S2)cc1. The second kappa shape index (κ2) is 10.4. The molecule has 47 heavy (non-hydrogen) atoms. The maximum atomic E-state index is 3.84. The Hall–Kier alpha value is -5.71. The zero-order valence-electron chi connectivity index (χ0n) is 25.5.